The van der Waals surface area contributed by atoms with Gasteiger partial charge in [-0.3, -0.25) is 14.3 Å². The lowest BCUT2D eigenvalue weighted by atomic mass is 10.0. The predicted molar refractivity (Wildman–Crippen MR) is 152 cm³/mol. The zero-order valence-corrected chi connectivity index (χ0v) is 23.4. The Morgan fingerprint density at radius 2 is 1.98 bits per heavy atom. The number of carbonyl (C=O) groups is 2. The number of halogens is 1. The van der Waals surface area contributed by atoms with Crippen LogP contribution in [0.5, 0.6) is 0 Å². The molecule has 0 saturated heterocycles. The lowest BCUT2D eigenvalue weighted by Crippen LogP contribution is -2.46. The number of benzene rings is 2. The molecule has 0 saturated carbocycles. The molecule has 1 aliphatic rings. The number of aromatic nitrogens is 4. The number of nitrogens with one attached hydrogen (secondary N) is 2. The van der Waals surface area contributed by atoms with Gasteiger partial charge in [-0.1, -0.05) is 53.6 Å². The quantitative estimate of drug-likeness (QED) is 0.297. The minimum atomic E-state index is -0.747. The number of hydrogen-bond acceptors (Lipinski definition) is 7. The van der Waals surface area contributed by atoms with Crippen molar-refractivity contribution >= 4 is 35.1 Å². The van der Waals surface area contributed by atoms with Gasteiger partial charge in [0, 0.05) is 24.7 Å². The van der Waals surface area contributed by atoms with Gasteiger partial charge in [0.25, 0.3) is 5.91 Å². The maximum absolute atomic E-state index is 13.4. The SMILES string of the molecule is Cc1cccc(C(CO)NC(=O)C(C)N2Cc3ccc(-c4nc(Nc5cnn(C)c5C)ncc4Cl)cc3C2=O)c1. The first-order valence-corrected chi connectivity index (χ1v) is 13.2. The molecule has 2 aromatic carbocycles. The number of aliphatic hydroxyl groups excluding tert-OH is 1. The number of aryl methyl sites for hydroxylation is 2. The van der Waals surface area contributed by atoms with E-state index in [-0.39, 0.29) is 18.4 Å². The van der Waals surface area contributed by atoms with Crippen LogP contribution in [-0.2, 0) is 18.4 Å². The van der Waals surface area contributed by atoms with E-state index in [9.17, 15) is 14.7 Å². The van der Waals surface area contributed by atoms with Crippen molar-refractivity contribution in [1.82, 2.24) is 30.0 Å². The molecule has 1 aliphatic heterocycles. The second-order valence-corrected chi connectivity index (χ2v) is 10.3. The van der Waals surface area contributed by atoms with Crippen molar-refractivity contribution in [1.29, 1.82) is 0 Å². The first kappa shape index (κ1) is 27.3. The first-order valence-electron chi connectivity index (χ1n) is 12.9. The normalized spacial score (nSPS) is 14.2. The summed E-state index contributed by atoms with van der Waals surface area (Å²) >= 11 is 6.46. The Bertz CT molecular complexity index is 1600. The van der Waals surface area contributed by atoms with Gasteiger partial charge >= 0.3 is 0 Å². The maximum Gasteiger partial charge on any atom is 0.255 e. The van der Waals surface area contributed by atoms with Crippen molar-refractivity contribution in [3.05, 3.63) is 87.8 Å². The molecule has 11 heteroatoms. The monoisotopic (exact) mass is 559 g/mol. The van der Waals surface area contributed by atoms with Crippen LogP contribution in [0.4, 0.5) is 11.6 Å². The smallest absolute Gasteiger partial charge is 0.255 e. The molecule has 4 aromatic rings. The molecule has 3 N–H and O–H groups in total. The van der Waals surface area contributed by atoms with Crippen molar-refractivity contribution in [3.8, 4) is 11.3 Å². The van der Waals surface area contributed by atoms with Gasteiger partial charge in [-0.15, -0.1) is 0 Å². The molecule has 40 heavy (non-hydrogen) atoms. The third-order valence-electron chi connectivity index (χ3n) is 7.23. The molecular formula is C29H30ClN7O3. The molecule has 0 radical (unpaired) electrons. The number of fused-ring (bicyclic) bond motifs is 1. The van der Waals surface area contributed by atoms with E-state index in [0.717, 1.165) is 28.1 Å². The molecule has 2 unspecified atom stereocenters. The van der Waals surface area contributed by atoms with Crippen LogP contribution < -0.4 is 10.6 Å². The highest BCUT2D eigenvalue weighted by Gasteiger charge is 2.35. The van der Waals surface area contributed by atoms with E-state index in [1.807, 2.05) is 57.3 Å². The molecule has 0 spiro atoms. The number of aliphatic hydroxyl groups is 1. The molecule has 0 aliphatic carbocycles. The Balaban J connectivity index is 1.34. The zero-order valence-electron chi connectivity index (χ0n) is 22.6. The lowest BCUT2D eigenvalue weighted by molar-refractivity contribution is -0.126. The second-order valence-electron chi connectivity index (χ2n) is 9.92. The molecule has 2 amide bonds. The number of rotatable bonds is 8. The summed E-state index contributed by atoms with van der Waals surface area (Å²) in [5, 5.41) is 20.5. The minimum Gasteiger partial charge on any atom is -0.394 e. The number of anilines is 2. The van der Waals surface area contributed by atoms with Crippen molar-refractivity contribution in [2.45, 2.75) is 39.4 Å². The van der Waals surface area contributed by atoms with Gasteiger partial charge in [0.15, 0.2) is 0 Å². The molecular weight excluding hydrogens is 530 g/mol. The average Bonchev–Trinajstić information content (AvgIpc) is 3.45. The Hall–Kier alpha value is -4.28. The Morgan fingerprint density at radius 1 is 1.18 bits per heavy atom. The van der Waals surface area contributed by atoms with Crippen molar-refractivity contribution in [2.75, 3.05) is 11.9 Å². The van der Waals surface area contributed by atoms with Gasteiger partial charge in [-0.2, -0.15) is 5.10 Å². The van der Waals surface area contributed by atoms with Crippen LogP contribution in [0.3, 0.4) is 0 Å². The number of hydrogen-bond donors (Lipinski definition) is 3. The van der Waals surface area contributed by atoms with Gasteiger partial charge in [0.05, 0.1) is 47.1 Å². The standard InChI is InChI=1S/C29H30ClN7O3/c1-16-6-5-7-19(10-16)25(15-38)33-27(39)18(3)37-14-21-9-8-20(11-22(21)28(37)40)26-23(30)12-31-29(35-26)34-24-13-32-36(4)17(24)2/h5-13,18,25,38H,14-15H2,1-4H3,(H,33,39)(H,31,34,35). The molecule has 3 heterocycles. The fourth-order valence-electron chi connectivity index (χ4n) is 4.71. The fourth-order valence-corrected chi connectivity index (χ4v) is 4.91. The molecule has 0 fully saturated rings. The van der Waals surface area contributed by atoms with E-state index in [2.05, 4.69) is 25.7 Å². The van der Waals surface area contributed by atoms with Gasteiger partial charge in [-0.25, -0.2) is 9.97 Å². The molecule has 2 atom stereocenters. The number of nitrogens with zero attached hydrogens (tertiary/aromatic N) is 5. The van der Waals surface area contributed by atoms with E-state index < -0.39 is 12.1 Å². The summed E-state index contributed by atoms with van der Waals surface area (Å²) in [4.78, 5) is 37.0. The van der Waals surface area contributed by atoms with E-state index in [0.29, 0.717) is 34.3 Å². The summed E-state index contributed by atoms with van der Waals surface area (Å²) < 4.78 is 1.74. The average molecular weight is 560 g/mol. The minimum absolute atomic E-state index is 0.254. The highest BCUT2D eigenvalue weighted by Crippen LogP contribution is 2.33. The van der Waals surface area contributed by atoms with Crippen LogP contribution in [0.15, 0.2) is 54.9 Å². The zero-order chi connectivity index (χ0) is 28.6. The Kier molecular flexibility index (Phi) is 7.55. The highest BCUT2D eigenvalue weighted by molar-refractivity contribution is 6.33. The molecule has 206 valence electrons. The van der Waals surface area contributed by atoms with Gasteiger partial charge in [0.2, 0.25) is 11.9 Å². The highest BCUT2D eigenvalue weighted by atomic mass is 35.5. The predicted octanol–water partition coefficient (Wildman–Crippen LogP) is 4.09. The van der Waals surface area contributed by atoms with E-state index in [1.165, 1.54) is 11.1 Å². The van der Waals surface area contributed by atoms with Gasteiger partial charge in [-0.05, 0) is 38.0 Å². The van der Waals surface area contributed by atoms with Crippen molar-refractivity contribution in [2.24, 2.45) is 7.05 Å². The molecule has 10 nitrogen and oxygen atoms in total. The third kappa shape index (κ3) is 5.28. The second kappa shape index (κ2) is 11.1. The van der Waals surface area contributed by atoms with E-state index >= 15 is 0 Å². The maximum atomic E-state index is 13.4. The van der Waals surface area contributed by atoms with Crippen LogP contribution in [-0.4, -0.2) is 54.2 Å². The largest absolute Gasteiger partial charge is 0.394 e. The van der Waals surface area contributed by atoms with Crippen LogP contribution in [0.2, 0.25) is 5.02 Å². The van der Waals surface area contributed by atoms with Crippen molar-refractivity contribution < 1.29 is 14.7 Å². The summed E-state index contributed by atoms with van der Waals surface area (Å²) in [5.74, 6) is -0.256. The van der Waals surface area contributed by atoms with Gasteiger partial charge in [0.1, 0.15) is 6.04 Å². The number of amides is 2. The molecule has 2 aromatic heterocycles. The topological polar surface area (TPSA) is 125 Å². The molecule has 5 rings (SSSR count). The summed E-state index contributed by atoms with van der Waals surface area (Å²) in [5.41, 5.74) is 5.95. The lowest BCUT2D eigenvalue weighted by Gasteiger charge is -2.26. The third-order valence-corrected chi connectivity index (χ3v) is 7.51. The van der Waals surface area contributed by atoms with E-state index in [4.69, 9.17) is 11.6 Å². The van der Waals surface area contributed by atoms with Crippen LogP contribution in [0.25, 0.3) is 11.3 Å². The fraction of sp³-hybridized carbons (Fsp3) is 0.276. The Labute approximate surface area is 237 Å². The number of carbonyl (C=O) groups excluding carboxylic acids is 2. The summed E-state index contributed by atoms with van der Waals surface area (Å²) in [6.07, 6.45) is 3.20. The van der Waals surface area contributed by atoms with Gasteiger partial charge < -0.3 is 20.6 Å². The summed E-state index contributed by atoms with van der Waals surface area (Å²) in [7, 11) is 1.85. The van der Waals surface area contributed by atoms with Crippen LogP contribution in [0, 0.1) is 13.8 Å². The Morgan fingerprint density at radius 3 is 2.67 bits per heavy atom. The molecule has 0 bridgehead atoms. The van der Waals surface area contributed by atoms with Crippen molar-refractivity contribution in [3.63, 3.8) is 0 Å². The summed E-state index contributed by atoms with van der Waals surface area (Å²) in [6.45, 7) is 5.60. The van der Waals surface area contributed by atoms with Crippen LogP contribution in [0.1, 0.15) is 45.7 Å². The van der Waals surface area contributed by atoms with E-state index in [1.54, 1.807) is 23.9 Å². The summed E-state index contributed by atoms with van der Waals surface area (Å²) in [6, 6.07) is 11.7. The van der Waals surface area contributed by atoms with Crippen LogP contribution >= 0.6 is 11.6 Å². The first-order chi connectivity index (χ1) is 19.2.